The molecule has 0 spiro atoms. The van der Waals surface area contributed by atoms with E-state index < -0.39 is 27.8 Å². The SMILES string of the molecule is CCOc1ccccc1NC(=O)C1CCCN1S(=O)(=O)c1ccc(F)cc1. The first-order valence-corrected chi connectivity index (χ1v) is 10.2. The number of carbonyl (C=O) groups excluding carboxylic acids is 1. The van der Waals surface area contributed by atoms with Crippen molar-refractivity contribution in [2.24, 2.45) is 0 Å². The van der Waals surface area contributed by atoms with Crippen molar-refractivity contribution in [3.05, 3.63) is 54.3 Å². The molecule has 1 fully saturated rings. The van der Waals surface area contributed by atoms with Gasteiger partial charge in [-0.25, -0.2) is 12.8 Å². The average Bonchev–Trinajstić information content (AvgIpc) is 3.15. The second-order valence-electron chi connectivity index (χ2n) is 6.15. The first kappa shape index (κ1) is 19.3. The summed E-state index contributed by atoms with van der Waals surface area (Å²) in [6, 6.07) is 10.8. The van der Waals surface area contributed by atoms with Gasteiger partial charge in [-0.15, -0.1) is 0 Å². The molecule has 1 N–H and O–H groups in total. The maximum absolute atomic E-state index is 13.1. The lowest BCUT2D eigenvalue weighted by atomic mass is 10.2. The molecular formula is C19H21FN2O4S. The standard InChI is InChI=1S/C19H21FN2O4S/c1-2-26-18-8-4-3-6-16(18)21-19(23)17-7-5-13-22(17)27(24,25)15-11-9-14(20)10-12-15/h3-4,6,8-12,17H,2,5,7,13H2,1H3,(H,21,23). The molecule has 27 heavy (non-hydrogen) atoms. The number of nitrogens with zero attached hydrogens (tertiary/aromatic N) is 1. The smallest absolute Gasteiger partial charge is 0.243 e. The van der Waals surface area contributed by atoms with Crippen LogP contribution in [0.25, 0.3) is 0 Å². The first-order chi connectivity index (χ1) is 12.9. The van der Waals surface area contributed by atoms with Crippen LogP contribution in [0.3, 0.4) is 0 Å². The Morgan fingerprint density at radius 2 is 1.93 bits per heavy atom. The molecule has 1 unspecified atom stereocenters. The molecule has 8 heteroatoms. The zero-order valence-electron chi connectivity index (χ0n) is 14.9. The van der Waals surface area contributed by atoms with Gasteiger partial charge >= 0.3 is 0 Å². The minimum absolute atomic E-state index is 0.0293. The summed E-state index contributed by atoms with van der Waals surface area (Å²) in [4.78, 5) is 12.8. The molecule has 1 aliphatic rings. The van der Waals surface area contributed by atoms with Crippen LogP contribution in [-0.2, 0) is 14.8 Å². The van der Waals surface area contributed by atoms with Crippen LogP contribution >= 0.6 is 0 Å². The normalized spacial score (nSPS) is 17.6. The van der Waals surface area contributed by atoms with Gasteiger partial charge in [0.25, 0.3) is 0 Å². The van der Waals surface area contributed by atoms with E-state index in [2.05, 4.69) is 5.32 Å². The van der Waals surface area contributed by atoms with Gasteiger partial charge in [0.15, 0.2) is 0 Å². The van der Waals surface area contributed by atoms with Crippen molar-refractivity contribution in [3.8, 4) is 5.75 Å². The zero-order valence-corrected chi connectivity index (χ0v) is 15.7. The number of rotatable bonds is 6. The Morgan fingerprint density at radius 1 is 1.22 bits per heavy atom. The highest BCUT2D eigenvalue weighted by Gasteiger charge is 2.39. The van der Waals surface area contributed by atoms with Gasteiger partial charge in [-0.05, 0) is 56.2 Å². The van der Waals surface area contributed by atoms with E-state index in [1.54, 1.807) is 24.3 Å². The molecule has 1 aliphatic heterocycles. The second-order valence-corrected chi connectivity index (χ2v) is 8.04. The molecule has 1 heterocycles. The molecule has 2 aromatic rings. The summed E-state index contributed by atoms with van der Waals surface area (Å²) in [6.45, 7) is 2.53. The fourth-order valence-electron chi connectivity index (χ4n) is 3.10. The lowest BCUT2D eigenvalue weighted by molar-refractivity contribution is -0.119. The highest BCUT2D eigenvalue weighted by atomic mass is 32.2. The number of hydrogen-bond acceptors (Lipinski definition) is 4. The summed E-state index contributed by atoms with van der Waals surface area (Å²) in [5.41, 5.74) is 0.496. The molecule has 0 aliphatic carbocycles. The molecule has 0 saturated carbocycles. The van der Waals surface area contributed by atoms with Crippen molar-refractivity contribution in [3.63, 3.8) is 0 Å². The Morgan fingerprint density at radius 3 is 2.63 bits per heavy atom. The van der Waals surface area contributed by atoms with Crippen molar-refractivity contribution in [2.75, 3.05) is 18.5 Å². The van der Waals surface area contributed by atoms with Crippen LogP contribution in [-0.4, -0.2) is 37.8 Å². The average molecular weight is 392 g/mol. The van der Waals surface area contributed by atoms with Gasteiger partial charge < -0.3 is 10.1 Å². The van der Waals surface area contributed by atoms with Crippen LogP contribution in [0.4, 0.5) is 10.1 Å². The van der Waals surface area contributed by atoms with E-state index in [1.807, 2.05) is 6.92 Å². The highest BCUT2D eigenvalue weighted by Crippen LogP contribution is 2.29. The second kappa shape index (κ2) is 8.06. The summed E-state index contributed by atoms with van der Waals surface area (Å²) in [5.74, 6) is -0.401. The largest absolute Gasteiger partial charge is 0.492 e. The number of amides is 1. The third-order valence-corrected chi connectivity index (χ3v) is 6.29. The quantitative estimate of drug-likeness (QED) is 0.820. The van der Waals surface area contributed by atoms with E-state index >= 15 is 0 Å². The third kappa shape index (κ3) is 4.12. The predicted octanol–water partition coefficient (Wildman–Crippen LogP) is 3.02. The van der Waals surface area contributed by atoms with Gasteiger partial charge in [0.05, 0.1) is 17.2 Å². The number of carbonyl (C=O) groups is 1. The van der Waals surface area contributed by atoms with E-state index in [-0.39, 0.29) is 11.4 Å². The summed E-state index contributed by atoms with van der Waals surface area (Å²) in [5, 5.41) is 2.77. The lowest BCUT2D eigenvalue weighted by Gasteiger charge is -2.24. The minimum atomic E-state index is -3.89. The van der Waals surface area contributed by atoms with Crippen LogP contribution in [0.15, 0.2) is 53.4 Å². The molecule has 1 atom stereocenters. The van der Waals surface area contributed by atoms with Gasteiger partial charge in [0, 0.05) is 6.54 Å². The van der Waals surface area contributed by atoms with Crippen LogP contribution in [0.1, 0.15) is 19.8 Å². The lowest BCUT2D eigenvalue weighted by Crippen LogP contribution is -2.43. The number of halogens is 1. The molecule has 3 rings (SSSR count). The van der Waals surface area contributed by atoms with Crippen molar-refractivity contribution in [1.82, 2.24) is 4.31 Å². The summed E-state index contributed by atoms with van der Waals surface area (Å²) >= 11 is 0. The predicted molar refractivity (Wildman–Crippen MR) is 99.6 cm³/mol. The van der Waals surface area contributed by atoms with E-state index in [1.165, 1.54) is 16.4 Å². The summed E-state index contributed by atoms with van der Waals surface area (Å²) in [7, 11) is -3.89. The number of anilines is 1. The topological polar surface area (TPSA) is 75.7 Å². The van der Waals surface area contributed by atoms with E-state index in [9.17, 15) is 17.6 Å². The van der Waals surface area contributed by atoms with Gasteiger partial charge in [-0.3, -0.25) is 4.79 Å². The molecule has 6 nitrogen and oxygen atoms in total. The number of hydrogen-bond donors (Lipinski definition) is 1. The van der Waals surface area contributed by atoms with Crippen LogP contribution in [0.5, 0.6) is 5.75 Å². The summed E-state index contributed by atoms with van der Waals surface area (Å²) < 4.78 is 45.6. The Hall–Kier alpha value is -2.45. The van der Waals surface area contributed by atoms with E-state index in [0.717, 1.165) is 12.1 Å². The fourth-order valence-corrected chi connectivity index (χ4v) is 4.76. The molecule has 0 radical (unpaired) electrons. The number of para-hydroxylation sites is 2. The van der Waals surface area contributed by atoms with Crippen LogP contribution < -0.4 is 10.1 Å². The van der Waals surface area contributed by atoms with Gasteiger partial charge in [-0.1, -0.05) is 12.1 Å². The first-order valence-electron chi connectivity index (χ1n) is 8.73. The van der Waals surface area contributed by atoms with E-state index in [0.29, 0.717) is 30.9 Å². The Labute approximate surface area is 158 Å². The maximum atomic E-state index is 13.1. The van der Waals surface area contributed by atoms with Gasteiger partial charge in [0.1, 0.15) is 17.6 Å². The molecular weight excluding hydrogens is 371 g/mol. The highest BCUT2D eigenvalue weighted by molar-refractivity contribution is 7.89. The van der Waals surface area contributed by atoms with Gasteiger partial charge in [-0.2, -0.15) is 4.31 Å². The number of sulfonamides is 1. The van der Waals surface area contributed by atoms with Crippen molar-refractivity contribution < 1.29 is 22.3 Å². The molecule has 1 saturated heterocycles. The van der Waals surface area contributed by atoms with Crippen LogP contribution in [0, 0.1) is 5.82 Å². The maximum Gasteiger partial charge on any atom is 0.243 e. The molecule has 0 aromatic heterocycles. The van der Waals surface area contributed by atoms with Crippen molar-refractivity contribution in [1.29, 1.82) is 0 Å². The Bertz CT molecular complexity index is 916. The molecule has 144 valence electrons. The Balaban J connectivity index is 1.82. The van der Waals surface area contributed by atoms with Crippen LogP contribution in [0.2, 0.25) is 0 Å². The molecule has 0 bridgehead atoms. The van der Waals surface area contributed by atoms with Gasteiger partial charge in [0.2, 0.25) is 15.9 Å². The monoisotopic (exact) mass is 392 g/mol. The summed E-state index contributed by atoms with van der Waals surface area (Å²) in [6.07, 6.45) is 0.995. The van der Waals surface area contributed by atoms with Crippen molar-refractivity contribution in [2.45, 2.75) is 30.7 Å². The molecule has 2 aromatic carbocycles. The van der Waals surface area contributed by atoms with Crippen molar-refractivity contribution >= 4 is 21.6 Å². The number of ether oxygens (including phenoxy) is 1. The number of nitrogens with one attached hydrogen (secondary N) is 1. The molecule has 1 amide bonds. The minimum Gasteiger partial charge on any atom is -0.492 e. The van der Waals surface area contributed by atoms with E-state index in [4.69, 9.17) is 4.74 Å². The fraction of sp³-hybridized carbons (Fsp3) is 0.316. The Kier molecular flexibility index (Phi) is 5.76. The zero-order chi connectivity index (χ0) is 19.4. The third-order valence-electron chi connectivity index (χ3n) is 4.37. The number of benzene rings is 2.